The third kappa shape index (κ3) is 2.38. The molecular weight excluding hydrogens is 220 g/mol. The highest BCUT2D eigenvalue weighted by molar-refractivity contribution is 7.85. The van der Waals surface area contributed by atoms with Gasteiger partial charge in [-0.2, -0.15) is 8.78 Å². The summed E-state index contributed by atoms with van der Waals surface area (Å²) in [6, 6.07) is 3.97. The van der Waals surface area contributed by atoms with Crippen LogP contribution in [0, 0.1) is 0 Å². The van der Waals surface area contributed by atoms with Crippen LogP contribution in [0.3, 0.4) is 0 Å². The molecule has 0 aliphatic heterocycles. The first-order chi connectivity index (χ1) is 6.02. The van der Waals surface area contributed by atoms with E-state index in [0.717, 1.165) is 0 Å². The van der Waals surface area contributed by atoms with Crippen LogP contribution in [-0.2, 0) is 10.8 Å². The van der Waals surface area contributed by atoms with Crippen molar-refractivity contribution in [3.63, 3.8) is 0 Å². The van der Waals surface area contributed by atoms with Crippen LogP contribution in [-0.4, -0.2) is 9.97 Å². The lowest BCUT2D eigenvalue weighted by molar-refractivity contribution is 0.244. The predicted molar refractivity (Wildman–Crippen MR) is 48.3 cm³/mol. The standard InChI is InChI=1S/C7H6ClF2NOS/c8-4-1-2-5(11)6(3-4)13(12)7(9)10/h1-3,7H,11H2. The number of anilines is 1. The Balaban J connectivity index is 3.13. The van der Waals surface area contributed by atoms with Gasteiger partial charge in [-0.15, -0.1) is 0 Å². The first kappa shape index (κ1) is 10.4. The smallest absolute Gasteiger partial charge is 0.316 e. The van der Waals surface area contributed by atoms with E-state index in [4.69, 9.17) is 17.3 Å². The molecule has 0 bridgehead atoms. The molecule has 2 nitrogen and oxygen atoms in total. The summed E-state index contributed by atoms with van der Waals surface area (Å²) < 4.78 is 35.0. The maximum absolute atomic E-state index is 12.0. The van der Waals surface area contributed by atoms with Gasteiger partial charge in [0.2, 0.25) is 0 Å². The minimum atomic E-state index is -2.94. The topological polar surface area (TPSA) is 43.1 Å². The highest BCUT2D eigenvalue weighted by Crippen LogP contribution is 2.23. The average Bonchev–Trinajstić information content (AvgIpc) is 2.08. The van der Waals surface area contributed by atoms with Gasteiger partial charge in [0.25, 0.3) is 0 Å². The lowest BCUT2D eigenvalue weighted by Crippen LogP contribution is -2.05. The number of alkyl halides is 2. The molecular formula is C7H6ClF2NOS. The van der Waals surface area contributed by atoms with Crippen molar-refractivity contribution in [1.82, 2.24) is 0 Å². The van der Waals surface area contributed by atoms with Gasteiger partial charge in [-0.1, -0.05) is 11.6 Å². The SMILES string of the molecule is Nc1ccc(Cl)cc1S(=O)C(F)F. The van der Waals surface area contributed by atoms with Crippen molar-refractivity contribution in [1.29, 1.82) is 0 Å². The Morgan fingerprint density at radius 3 is 2.62 bits per heavy atom. The van der Waals surface area contributed by atoms with E-state index in [1.54, 1.807) is 0 Å². The van der Waals surface area contributed by atoms with Gasteiger partial charge < -0.3 is 5.73 Å². The molecule has 0 saturated heterocycles. The van der Waals surface area contributed by atoms with Gasteiger partial charge in [-0.05, 0) is 18.2 Å². The van der Waals surface area contributed by atoms with E-state index in [1.165, 1.54) is 18.2 Å². The molecule has 0 aliphatic carbocycles. The third-order valence-electron chi connectivity index (χ3n) is 1.35. The summed E-state index contributed by atoms with van der Waals surface area (Å²) >= 11 is 5.53. The molecule has 1 rings (SSSR count). The number of halogens is 3. The molecule has 0 aromatic heterocycles. The van der Waals surface area contributed by atoms with Crippen LogP contribution in [0.1, 0.15) is 0 Å². The lowest BCUT2D eigenvalue weighted by Gasteiger charge is -2.04. The first-order valence-electron chi connectivity index (χ1n) is 3.26. The molecule has 2 N–H and O–H groups in total. The molecule has 6 heteroatoms. The van der Waals surface area contributed by atoms with Crippen molar-refractivity contribution in [2.75, 3.05) is 5.73 Å². The Morgan fingerprint density at radius 1 is 1.46 bits per heavy atom. The summed E-state index contributed by atoms with van der Waals surface area (Å²) in [4.78, 5) is -0.123. The summed E-state index contributed by atoms with van der Waals surface area (Å²) in [7, 11) is -2.40. The number of nitrogens with two attached hydrogens (primary N) is 1. The van der Waals surface area contributed by atoms with Gasteiger partial charge in [-0.3, -0.25) is 0 Å². The van der Waals surface area contributed by atoms with Gasteiger partial charge >= 0.3 is 5.76 Å². The van der Waals surface area contributed by atoms with Crippen LogP contribution in [0.15, 0.2) is 23.1 Å². The molecule has 13 heavy (non-hydrogen) atoms. The molecule has 0 fully saturated rings. The summed E-state index contributed by atoms with van der Waals surface area (Å²) in [6.07, 6.45) is 0. The first-order valence-corrected chi connectivity index (χ1v) is 4.85. The Morgan fingerprint density at radius 2 is 2.08 bits per heavy atom. The molecule has 1 unspecified atom stereocenters. The van der Waals surface area contributed by atoms with E-state index in [1.807, 2.05) is 0 Å². The van der Waals surface area contributed by atoms with E-state index in [-0.39, 0.29) is 15.6 Å². The van der Waals surface area contributed by atoms with E-state index in [9.17, 15) is 13.0 Å². The van der Waals surface area contributed by atoms with Crippen LogP contribution in [0.4, 0.5) is 14.5 Å². The predicted octanol–water partition coefficient (Wildman–Crippen LogP) is 2.25. The molecule has 1 aromatic rings. The molecule has 72 valence electrons. The van der Waals surface area contributed by atoms with Crippen LogP contribution in [0.2, 0.25) is 5.02 Å². The van der Waals surface area contributed by atoms with E-state index in [2.05, 4.69) is 0 Å². The molecule has 1 aromatic carbocycles. The second-order valence-corrected chi connectivity index (χ2v) is 4.07. The zero-order valence-electron chi connectivity index (χ0n) is 6.34. The Hall–Kier alpha value is -0.680. The molecule has 1 atom stereocenters. The summed E-state index contributed by atoms with van der Waals surface area (Å²) in [5.74, 6) is -2.94. The average molecular weight is 226 g/mol. The second kappa shape index (κ2) is 4.02. The molecule has 0 spiro atoms. The highest BCUT2D eigenvalue weighted by atomic mass is 35.5. The van der Waals surface area contributed by atoms with Crippen molar-refractivity contribution in [3.8, 4) is 0 Å². The summed E-state index contributed by atoms with van der Waals surface area (Å²) in [5, 5.41) is 0.234. The fraction of sp³-hybridized carbons (Fsp3) is 0.143. The van der Waals surface area contributed by atoms with Gasteiger partial charge in [0.1, 0.15) is 10.8 Å². The minimum Gasteiger partial charge on any atom is -0.398 e. The van der Waals surface area contributed by atoms with Crippen LogP contribution >= 0.6 is 11.6 Å². The zero-order chi connectivity index (χ0) is 10.0. The van der Waals surface area contributed by atoms with Crippen molar-refractivity contribution in [2.45, 2.75) is 10.7 Å². The van der Waals surface area contributed by atoms with Gasteiger partial charge in [0.15, 0.2) is 0 Å². The van der Waals surface area contributed by atoms with E-state index >= 15 is 0 Å². The molecule has 0 radical (unpaired) electrons. The second-order valence-electron chi connectivity index (χ2n) is 2.24. The maximum Gasteiger partial charge on any atom is 0.316 e. The van der Waals surface area contributed by atoms with Crippen molar-refractivity contribution >= 4 is 28.1 Å². The number of nitrogen functional groups attached to an aromatic ring is 1. The number of benzene rings is 1. The fourth-order valence-corrected chi connectivity index (χ4v) is 1.75. The molecule has 0 aliphatic rings. The van der Waals surface area contributed by atoms with E-state index in [0.29, 0.717) is 0 Å². The third-order valence-corrected chi connectivity index (χ3v) is 2.70. The summed E-state index contributed by atoms with van der Waals surface area (Å²) in [6.45, 7) is 0. The Kier molecular flexibility index (Phi) is 3.22. The van der Waals surface area contributed by atoms with Crippen LogP contribution < -0.4 is 5.73 Å². The Labute approximate surface area is 81.1 Å². The fourth-order valence-electron chi connectivity index (χ4n) is 0.778. The minimum absolute atomic E-state index is 0.0584. The van der Waals surface area contributed by atoms with Gasteiger partial charge in [-0.25, -0.2) is 4.21 Å². The van der Waals surface area contributed by atoms with Gasteiger partial charge in [0.05, 0.1) is 4.90 Å². The number of rotatable bonds is 2. The normalized spacial score (nSPS) is 13.2. The van der Waals surface area contributed by atoms with Crippen molar-refractivity contribution < 1.29 is 13.0 Å². The quantitative estimate of drug-likeness (QED) is 0.785. The van der Waals surface area contributed by atoms with Gasteiger partial charge in [0, 0.05) is 10.7 Å². The monoisotopic (exact) mass is 225 g/mol. The molecule has 0 heterocycles. The van der Waals surface area contributed by atoms with Crippen LogP contribution in [0.25, 0.3) is 0 Å². The maximum atomic E-state index is 12.0. The molecule has 0 amide bonds. The van der Waals surface area contributed by atoms with E-state index < -0.39 is 16.6 Å². The zero-order valence-corrected chi connectivity index (χ0v) is 7.91. The molecule has 0 saturated carbocycles. The summed E-state index contributed by atoms with van der Waals surface area (Å²) in [5.41, 5.74) is 5.40. The highest BCUT2D eigenvalue weighted by Gasteiger charge is 2.18. The Bertz CT molecular complexity index is 345. The number of hydrogen-bond acceptors (Lipinski definition) is 2. The van der Waals surface area contributed by atoms with Crippen molar-refractivity contribution in [2.24, 2.45) is 0 Å². The number of hydrogen-bond donors (Lipinski definition) is 1. The largest absolute Gasteiger partial charge is 0.398 e. The lowest BCUT2D eigenvalue weighted by atomic mass is 10.3. The van der Waals surface area contributed by atoms with Crippen molar-refractivity contribution in [3.05, 3.63) is 23.2 Å². The van der Waals surface area contributed by atoms with Crippen LogP contribution in [0.5, 0.6) is 0 Å².